The van der Waals surface area contributed by atoms with Gasteiger partial charge < -0.3 is 5.32 Å². The van der Waals surface area contributed by atoms with Crippen LogP contribution in [0.1, 0.15) is 40.0 Å². The van der Waals surface area contributed by atoms with E-state index in [4.69, 9.17) is 0 Å². The number of rotatable bonds is 5. The molecule has 1 heterocycles. The number of anilines is 1. The Morgan fingerprint density at radius 2 is 2.00 bits per heavy atom. The predicted molar refractivity (Wildman–Crippen MR) is 66.0 cm³/mol. The Labute approximate surface area is 93.1 Å². The molecule has 0 saturated carbocycles. The third-order valence-electron chi connectivity index (χ3n) is 2.32. The van der Waals surface area contributed by atoms with Crippen LogP contribution in [-0.4, -0.2) is 11.5 Å². The fourth-order valence-electron chi connectivity index (χ4n) is 1.46. The molecular formula is C13H22N2. The summed E-state index contributed by atoms with van der Waals surface area (Å²) in [5, 5.41) is 3.32. The highest BCUT2D eigenvalue weighted by Gasteiger charge is 2.08. The van der Waals surface area contributed by atoms with Gasteiger partial charge in [0.25, 0.3) is 0 Å². The molecule has 0 aromatic carbocycles. The SMILES string of the molecule is CC(C)(C)CCCCNc1ccccn1. The number of hydrogen-bond donors (Lipinski definition) is 1. The van der Waals surface area contributed by atoms with Crippen molar-refractivity contribution >= 4 is 5.82 Å². The van der Waals surface area contributed by atoms with Gasteiger partial charge in [0, 0.05) is 12.7 Å². The van der Waals surface area contributed by atoms with Crippen LogP contribution in [0.4, 0.5) is 5.82 Å². The third-order valence-corrected chi connectivity index (χ3v) is 2.32. The van der Waals surface area contributed by atoms with E-state index in [0.717, 1.165) is 12.4 Å². The van der Waals surface area contributed by atoms with Crippen LogP contribution in [0.5, 0.6) is 0 Å². The average Bonchev–Trinajstić information content (AvgIpc) is 2.17. The van der Waals surface area contributed by atoms with Crippen LogP contribution in [0.15, 0.2) is 24.4 Å². The highest BCUT2D eigenvalue weighted by Crippen LogP contribution is 2.21. The Morgan fingerprint density at radius 3 is 2.60 bits per heavy atom. The van der Waals surface area contributed by atoms with Gasteiger partial charge in [0.1, 0.15) is 5.82 Å². The van der Waals surface area contributed by atoms with Crippen LogP contribution in [0, 0.1) is 5.41 Å². The lowest BCUT2D eigenvalue weighted by Gasteiger charge is -2.17. The molecule has 1 rings (SSSR count). The van der Waals surface area contributed by atoms with E-state index in [0.29, 0.717) is 5.41 Å². The zero-order valence-electron chi connectivity index (χ0n) is 10.1. The predicted octanol–water partition coefficient (Wildman–Crippen LogP) is 3.71. The van der Waals surface area contributed by atoms with Crippen molar-refractivity contribution in [3.63, 3.8) is 0 Å². The van der Waals surface area contributed by atoms with Crippen molar-refractivity contribution in [1.29, 1.82) is 0 Å². The monoisotopic (exact) mass is 206 g/mol. The fraction of sp³-hybridized carbons (Fsp3) is 0.615. The van der Waals surface area contributed by atoms with Gasteiger partial charge in [-0.25, -0.2) is 4.98 Å². The topological polar surface area (TPSA) is 24.9 Å². The molecule has 0 aliphatic rings. The molecule has 0 bridgehead atoms. The Hall–Kier alpha value is -1.05. The van der Waals surface area contributed by atoms with Gasteiger partial charge in [0.2, 0.25) is 0 Å². The number of pyridine rings is 1. The zero-order chi connectivity index (χ0) is 11.1. The Kier molecular flexibility index (Phi) is 4.60. The van der Waals surface area contributed by atoms with Crippen molar-refractivity contribution in [3.8, 4) is 0 Å². The number of aromatic nitrogens is 1. The molecule has 0 radical (unpaired) electrons. The first-order valence-electron chi connectivity index (χ1n) is 5.73. The van der Waals surface area contributed by atoms with Gasteiger partial charge in [-0.2, -0.15) is 0 Å². The minimum Gasteiger partial charge on any atom is -0.370 e. The second-order valence-corrected chi connectivity index (χ2v) is 5.16. The van der Waals surface area contributed by atoms with Crippen LogP contribution >= 0.6 is 0 Å². The van der Waals surface area contributed by atoms with E-state index < -0.39 is 0 Å². The van der Waals surface area contributed by atoms with Gasteiger partial charge in [0.15, 0.2) is 0 Å². The lowest BCUT2D eigenvalue weighted by molar-refractivity contribution is 0.362. The van der Waals surface area contributed by atoms with Gasteiger partial charge >= 0.3 is 0 Å². The summed E-state index contributed by atoms with van der Waals surface area (Å²) in [4.78, 5) is 4.21. The molecule has 1 aromatic heterocycles. The quantitative estimate of drug-likeness (QED) is 0.743. The molecule has 0 aliphatic heterocycles. The van der Waals surface area contributed by atoms with Crippen molar-refractivity contribution < 1.29 is 0 Å². The molecule has 0 fully saturated rings. The average molecular weight is 206 g/mol. The lowest BCUT2D eigenvalue weighted by atomic mass is 9.90. The summed E-state index contributed by atoms with van der Waals surface area (Å²) in [6, 6.07) is 5.94. The summed E-state index contributed by atoms with van der Waals surface area (Å²) in [6.07, 6.45) is 5.60. The smallest absolute Gasteiger partial charge is 0.125 e. The van der Waals surface area contributed by atoms with E-state index in [9.17, 15) is 0 Å². The Morgan fingerprint density at radius 1 is 1.20 bits per heavy atom. The van der Waals surface area contributed by atoms with E-state index in [1.165, 1.54) is 19.3 Å². The molecule has 2 nitrogen and oxygen atoms in total. The first-order chi connectivity index (χ1) is 7.08. The summed E-state index contributed by atoms with van der Waals surface area (Å²) >= 11 is 0. The van der Waals surface area contributed by atoms with E-state index in [1.807, 2.05) is 24.4 Å². The van der Waals surface area contributed by atoms with Crippen LogP contribution < -0.4 is 5.32 Å². The van der Waals surface area contributed by atoms with Crippen molar-refractivity contribution in [2.75, 3.05) is 11.9 Å². The molecule has 2 heteroatoms. The molecule has 0 unspecified atom stereocenters. The summed E-state index contributed by atoms with van der Waals surface area (Å²) in [6.45, 7) is 7.89. The summed E-state index contributed by atoms with van der Waals surface area (Å²) in [5.74, 6) is 0.980. The van der Waals surface area contributed by atoms with Crippen molar-refractivity contribution in [3.05, 3.63) is 24.4 Å². The molecule has 1 aromatic rings. The molecule has 15 heavy (non-hydrogen) atoms. The maximum absolute atomic E-state index is 4.21. The van der Waals surface area contributed by atoms with Gasteiger partial charge in [-0.15, -0.1) is 0 Å². The standard InChI is InChI=1S/C13H22N2/c1-13(2,3)9-5-7-11-15-12-8-4-6-10-14-12/h4,6,8,10H,5,7,9,11H2,1-3H3,(H,14,15). The number of unbranched alkanes of at least 4 members (excludes halogenated alkanes) is 1. The van der Waals surface area contributed by atoms with Gasteiger partial charge in [-0.1, -0.05) is 33.3 Å². The summed E-state index contributed by atoms with van der Waals surface area (Å²) in [7, 11) is 0. The first-order valence-corrected chi connectivity index (χ1v) is 5.73. The first kappa shape index (κ1) is 12.0. The lowest BCUT2D eigenvalue weighted by Crippen LogP contribution is -2.07. The van der Waals surface area contributed by atoms with Crippen molar-refractivity contribution in [1.82, 2.24) is 4.98 Å². The molecule has 0 saturated heterocycles. The zero-order valence-corrected chi connectivity index (χ0v) is 10.1. The second kappa shape index (κ2) is 5.74. The van der Waals surface area contributed by atoms with Crippen molar-refractivity contribution in [2.45, 2.75) is 40.0 Å². The minimum absolute atomic E-state index is 0.463. The van der Waals surface area contributed by atoms with Gasteiger partial charge in [-0.3, -0.25) is 0 Å². The fourth-order valence-corrected chi connectivity index (χ4v) is 1.46. The number of hydrogen-bond acceptors (Lipinski definition) is 2. The highest BCUT2D eigenvalue weighted by atomic mass is 15.0. The second-order valence-electron chi connectivity index (χ2n) is 5.16. The van der Waals surface area contributed by atoms with Crippen LogP contribution in [0.3, 0.4) is 0 Å². The summed E-state index contributed by atoms with van der Waals surface area (Å²) in [5.41, 5.74) is 0.463. The molecular weight excluding hydrogens is 184 g/mol. The Bertz CT molecular complexity index is 262. The molecule has 0 amide bonds. The molecule has 0 aliphatic carbocycles. The highest BCUT2D eigenvalue weighted by molar-refractivity contribution is 5.32. The normalized spacial score (nSPS) is 11.4. The van der Waals surface area contributed by atoms with Crippen LogP contribution in [-0.2, 0) is 0 Å². The summed E-state index contributed by atoms with van der Waals surface area (Å²) < 4.78 is 0. The Balaban J connectivity index is 2.08. The van der Waals surface area contributed by atoms with Crippen LogP contribution in [0.25, 0.3) is 0 Å². The number of nitrogens with zero attached hydrogens (tertiary/aromatic N) is 1. The number of nitrogens with one attached hydrogen (secondary N) is 1. The van der Waals surface area contributed by atoms with Gasteiger partial charge in [0.05, 0.1) is 0 Å². The van der Waals surface area contributed by atoms with E-state index >= 15 is 0 Å². The maximum atomic E-state index is 4.21. The third kappa shape index (κ3) is 6.10. The van der Waals surface area contributed by atoms with Gasteiger partial charge in [-0.05, 0) is 30.4 Å². The largest absolute Gasteiger partial charge is 0.370 e. The van der Waals surface area contributed by atoms with E-state index in [1.54, 1.807) is 0 Å². The molecule has 84 valence electrons. The van der Waals surface area contributed by atoms with E-state index in [-0.39, 0.29) is 0 Å². The van der Waals surface area contributed by atoms with E-state index in [2.05, 4.69) is 31.1 Å². The molecule has 0 spiro atoms. The maximum Gasteiger partial charge on any atom is 0.125 e. The minimum atomic E-state index is 0.463. The molecule has 0 atom stereocenters. The van der Waals surface area contributed by atoms with Crippen molar-refractivity contribution in [2.24, 2.45) is 5.41 Å². The molecule has 1 N–H and O–H groups in total. The van der Waals surface area contributed by atoms with Crippen LogP contribution in [0.2, 0.25) is 0 Å².